The molecule has 3 aromatic carbocycles. The third-order valence-electron chi connectivity index (χ3n) is 5.00. The van der Waals surface area contributed by atoms with Gasteiger partial charge in [-0.2, -0.15) is 13.2 Å². The van der Waals surface area contributed by atoms with Crippen molar-refractivity contribution in [2.24, 2.45) is 0 Å². The van der Waals surface area contributed by atoms with E-state index < -0.39 is 12.1 Å². The minimum absolute atomic E-state index is 0.0591. The van der Waals surface area contributed by atoms with Crippen LogP contribution in [0.15, 0.2) is 78.9 Å². The van der Waals surface area contributed by atoms with Gasteiger partial charge < -0.3 is 0 Å². The second-order valence-corrected chi connectivity index (χ2v) is 7.28. The molecule has 3 rings (SSSR count). The molecule has 0 heterocycles. The summed E-state index contributed by atoms with van der Waals surface area (Å²) in [6.07, 6.45) is 1.87. The van der Waals surface area contributed by atoms with Crippen molar-refractivity contribution in [1.29, 1.82) is 0 Å². The van der Waals surface area contributed by atoms with E-state index in [4.69, 9.17) is 0 Å². The Balaban J connectivity index is 1.69. The zero-order chi connectivity index (χ0) is 20.7. The summed E-state index contributed by atoms with van der Waals surface area (Å²) in [7, 11) is 0. The standard InChI is InChI=1S/C26H25F3/c1-2-6-20-9-11-21(12-10-20)13-14-22-15-17-23(18-16-22)19-25(26(27,28)29)24-7-4-3-5-8-24/h3-5,7-18,25H,2,6,19H2,1H3/t25-/m1/s1. The van der Waals surface area contributed by atoms with E-state index in [1.165, 1.54) is 5.56 Å². The smallest absolute Gasteiger partial charge is 0.170 e. The molecule has 0 saturated heterocycles. The Hall–Kier alpha value is -2.81. The van der Waals surface area contributed by atoms with Gasteiger partial charge in [-0.15, -0.1) is 0 Å². The largest absolute Gasteiger partial charge is 0.396 e. The van der Waals surface area contributed by atoms with E-state index in [0.717, 1.165) is 24.0 Å². The number of benzene rings is 3. The highest BCUT2D eigenvalue weighted by Gasteiger charge is 2.40. The Morgan fingerprint density at radius 2 is 1.24 bits per heavy atom. The highest BCUT2D eigenvalue weighted by atomic mass is 19.4. The van der Waals surface area contributed by atoms with Crippen LogP contribution in [0.2, 0.25) is 0 Å². The molecule has 0 amide bonds. The van der Waals surface area contributed by atoms with Gasteiger partial charge in [0.15, 0.2) is 0 Å². The number of rotatable bonds is 7. The lowest BCUT2D eigenvalue weighted by Crippen LogP contribution is -2.22. The number of alkyl halides is 3. The van der Waals surface area contributed by atoms with Gasteiger partial charge in [0.1, 0.15) is 0 Å². The lowest BCUT2D eigenvalue weighted by Gasteiger charge is -2.21. The Kier molecular flexibility index (Phi) is 6.92. The van der Waals surface area contributed by atoms with Gasteiger partial charge in [0.2, 0.25) is 0 Å². The molecule has 0 fully saturated rings. The maximum absolute atomic E-state index is 13.5. The quantitative estimate of drug-likeness (QED) is 0.360. The SMILES string of the molecule is CCCc1ccc(C=Cc2ccc(C[C@H](c3ccccc3)C(F)(F)F)cc2)cc1. The molecule has 3 heteroatoms. The molecule has 150 valence electrons. The summed E-state index contributed by atoms with van der Waals surface area (Å²) in [6.45, 7) is 2.16. The summed E-state index contributed by atoms with van der Waals surface area (Å²) < 4.78 is 40.6. The average molecular weight is 394 g/mol. The number of halogens is 3. The molecular weight excluding hydrogens is 369 g/mol. The van der Waals surface area contributed by atoms with E-state index in [9.17, 15) is 13.2 Å². The molecule has 3 aromatic rings. The van der Waals surface area contributed by atoms with Gasteiger partial charge in [0.05, 0.1) is 5.92 Å². The predicted molar refractivity (Wildman–Crippen MR) is 115 cm³/mol. The Labute approximate surface area is 170 Å². The van der Waals surface area contributed by atoms with E-state index in [-0.39, 0.29) is 6.42 Å². The van der Waals surface area contributed by atoms with Gasteiger partial charge in [0.25, 0.3) is 0 Å². The topological polar surface area (TPSA) is 0 Å². The molecule has 0 aliphatic carbocycles. The maximum Gasteiger partial charge on any atom is 0.396 e. The lowest BCUT2D eigenvalue weighted by atomic mass is 9.91. The Bertz CT molecular complexity index is 905. The van der Waals surface area contributed by atoms with Crippen molar-refractivity contribution in [1.82, 2.24) is 0 Å². The zero-order valence-electron chi connectivity index (χ0n) is 16.5. The van der Waals surface area contributed by atoms with Crippen LogP contribution in [-0.2, 0) is 12.8 Å². The molecule has 1 atom stereocenters. The van der Waals surface area contributed by atoms with E-state index in [2.05, 4.69) is 31.2 Å². The predicted octanol–water partition coefficient (Wildman–Crippen LogP) is 7.70. The average Bonchev–Trinajstić information content (AvgIpc) is 2.72. The van der Waals surface area contributed by atoms with Gasteiger partial charge in [-0.05, 0) is 40.7 Å². The maximum atomic E-state index is 13.5. The normalized spacial score (nSPS) is 13.0. The van der Waals surface area contributed by atoms with Crippen molar-refractivity contribution in [3.63, 3.8) is 0 Å². The summed E-state index contributed by atoms with van der Waals surface area (Å²) in [6, 6.07) is 23.9. The van der Waals surface area contributed by atoms with Crippen LogP contribution in [-0.4, -0.2) is 6.18 Å². The molecule has 0 aromatic heterocycles. The molecular formula is C26H25F3. The molecule has 0 unspecified atom stereocenters. The molecule has 0 radical (unpaired) electrons. The molecule has 0 aliphatic heterocycles. The fourth-order valence-corrected chi connectivity index (χ4v) is 3.38. The van der Waals surface area contributed by atoms with Gasteiger partial charge in [-0.25, -0.2) is 0 Å². The second-order valence-electron chi connectivity index (χ2n) is 7.28. The molecule has 29 heavy (non-hydrogen) atoms. The van der Waals surface area contributed by atoms with Crippen molar-refractivity contribution in [3.8, 4) is 0 Å². The van der Waals surface area contributed by atoms with Crippen molar-refractivity contribution >= 4 is 12.2 Å². The molecule has 0 saturated carbocycles. The first-order valence-corrected chi connectivity index (χ1v) is 9.93. The molecule has 0 aliphatic rings. The van der Waals surface area contributed by atoms with E-state index in [1.54, 1.807) is 42.5 Å². The number of hydrogen-bond donors (Lipinski definition) is 0. The minimum Gasteiger partial charge on any atom is -0.170 e. The first kappa shape index (κ1) is 20.9. The zero-order valence-corrected chi connectivity index (χ0v) is 16.5. The van der Waals surface area contributed by atoms with Crippen LogP contribution < -0.4 is 0 Å². The first-order valence-electron chi connectivity index (χ1n) is 9.93. The van der Waals surface area contributed by atoms with Crippen LogP contribution in [0.1, 0.15) is 47.1 Å². The highest BCUT2D eigenvalue weighted by Crippen LogP contribution is 2.37. The molecule has 0 bridgehead atoms. The lowest BCUT2D eigenvalue weighted by molar-refractivity contribution is -0.150. The van der Waals surface area contributed by atoms with Gasteiger partial charge >= 0.3 is 6.18 Å². The van der Waals surface area contributed by atoms with E-state index >= 15 is 0 Å². The van der Waals surface area contributed by atoms with E-state index in [1.807, 2.05) is 24.3 Å². The van der Waals surface area contributed by atoms with Gasteiger partial charge in [-0.1, -0.05) is 104 Å². The van der Waals surface area contributed by atoms with Crippen molar-refractivity contribution in [2.75, 3.05) is 0 Å². The van der Waals surface area contributed by atoms with Crippen LogP contribution in [0.3, 0.4) is 0 Å². The molecule has 0 N–H and O–H groups in total. The fraction of sp³-hybridized carbons (Fsp3) is 0.231. The van der Waals surface area contributed by atoms with Gasteiger partial charge in [-0.3, -0.25) is 0 Å². The van der Waals surface area contributed by atoms with Crippen molar-refractivity contribution in [2.45, 2.75) is 38.3 Å². The summed E-state index contributed by atoms with van der Waals surface area (Å²) in [5.41, 5.74) is 4.38. The van der Waals surface area contributed by atoms with Crippen LogP contribution >= 0.6 is 0 Å². The third kappa shape index (κ3) is 6.08. The minimum atomic E-state index is -4.27. The Morgan fingerprint density at radius 3 is 1.72 bits per heavy atom. The summed E-state index contributed by atoms with van der Waals surface area (Å²) >= 11 is 0. The van der Waals surface area contributed by atoms with Crippen LogP contribution in [0.25, 0.3) is 12.2 Å². The number of aryl methyl sites for hydroxylation is 1. The monoisotopic (exact) mass is 394 g/mol. The van der Waals surface area contributed by atoms with Crippen molar-refractivity contribution < 1.29 is 13.2 Å². The molecule has 0 nitrogen and oxygen atoms in total. The van der Waals surface area contributed by atoms with Crippen LogP contribution in [0, 0.1) is 0 Å². The van der Waals surface area contributed by atoms with Gasteiger partial charge in [0, 0.05) is 0 Å². The highest BCUT2D eigenvalue weighted by molar-refractivity contribution is 5.69. The Morgan fingerprint density at radius 1 is 0.724 bits per heavy atom. The third-order valence-corrected chi connectivity index (χ3v) is 5.00. The van der Waals surface area contributed by atoms with Crippen molar-refractivity contribution in [3.05, 3.63) is 107 Å². The summed E-state index contributed by atoms with van der Waals surface area (Å²) in [5.74, 6) is -1.49. The second kappa shape index (κ2) is 9.60. The van der Waals surface area contributed by atoms with E-state index in [0.29, 0.717) is 11.1 Å². The fourth-order valence-electron chi connectivity index (χ4n) is 3.38. The summed E-state index contributed by atoms with van der Waals surface area (Å²) in [5, 5.41) is 0. The van der Waals surface area contributed by atoms with Crippen LogP contribution in [0.5, 0.6) is 0 Å². The molecule has 0 spiro atoms. The van der Waals surface area contributed by atoms with Crippen LogP contribution in [0.4, 0.5) is 13.2 Å². The first-order chi connectivity index (χ1) is 14.0. The summed E-state index contributed by atoms with van der Waals surface area (Å²) in [4.78, 5) is 0. The number of hydrogen-bond acceptors (Lipinski definition) is 0.